The van der Waals surface area contributed by atoms with Gasteiger partial charge in [0.1, 0.15) is 5.01 Å². The molecule has 1 aromatic heterocycles. The lowest BCUT2D eigenvalue weighted by molar-refractivity contribution is 0.195. The van der Waals surface area contributed by atoms with E-state index in [2.05, 4.69) is 18.8 Å². The summed E-state index contributed by atoms with van der Waals surface area (Å²) in [5.41, 5.74) is 0.801. The van der Waals surface area contributed by atoms with E-state index in [0.717, 1.165) is 22.4 Å². The maximum Gasteiger partial charge on any atom is 0.103 e. The fourth-order valence-corrected chi connectivity index (χ4v) is 2.98. The normalized spacial score (nSPS) is 13.5. The largest absolute Gasteiger partial charge is 0.387 e. The summed E-state index contributed by atoms with van der Waals surface area (Å²) in [6.45, 7) is 6.19. The fourth-order valence-electron chi connectivity index (χ4n) is 0.965. The Morgan fingerprint density at radius 2 is 2.21 bits per heavy atom. The summed E-state index contributed by atoms with van der Waals surface area (Å²) in [5.74, 6) is 2.87. The van der Waals surface area contributed by atoms with Crippen molar-refractivity contribution in [2.24, 2.45) is 5.92 Å². The average molecular weight is 231 g/mol. The highest BCUT2D eigenvalue weighted by molar-refractivity contribution is 7.98. The van der Waals surface area contributed by atoms with Crippen LogP contribution in [0, 0.1) is 5.92 Å². The second-order valence-corrected chi connectivity index (χ2v) is 5.72. The number of aliphatic hydroxyl groups excluding tert-OH is 1. The van der Waals surface area contributed by atoms with Crippen molar-refractivity contribution in [3.05, 3.63) is 16.1 Å². The molecule has 1 N–H and O–H groups in total. The van der Waals surface area contributed by atoms with Gasteiger partial charge in [-0.3, -0.25) is 0 Å². The standard InChI is InChI=1S/C10H17NOS2/c1-7(2)4-13-6-10-11-9(5-14-10)8(3)12/h5,7-8,12H,4,6H2,1-3H3. The molecular weight excluding hydrogens is 214 g/mol. The Kier molecular flexibility index (Phi) is 4.92. The van der Waals surface area contributed by atoms with E-state index >= 15 is 0 Å². The Hall–Kier alpha value is -0.0600. The quantitative estimate of drug-likeness (QED) is 0.845. The average Bonchev–Trinajstić information content (AvgIpc) is 2.52. The van der Waals surface area contributed by atoms with Crippen LogP contribution in [0.2, 0.25) is 0 Å². The van der Waals surface area contributed by atoms with Crippen molar-refractivity contribution in [2.75, 3.05) is 5.75 Å². The van der Waals surface area contributed by atoms with Crippen LogP contribution in [0.3, 0.4) is 0 Å². The van der Waals surface area contributed by atoms with Gasteiger partial charge in [-0.1, -0.05) is 13.8 Å². The number of rotatable bonds is 5. The minimum Gasteiger partial charge on any atom is -0.387 e. The van der Waals surface area contributed by atoms with Crippen molar-refractivity contribution in [1.29, 1.82) is 0 Å². The van der Waals surface area contributed by atoms with E-state index in [1.54, 1.807) is 18.3 Å². The summed E-state index contributed by atoms with van der Waals surface area (Å²) in [4.78, 5) is 4.35. The van der Waals surface area contributed by atoms with Gasteiger partial charge in [0, 0.05) is 11.1 Å². The van der Waals surface area contributed by atoms with E-state index < -0.39 is 6.10 Å². The van der Waals surface area contributed by atoms with Gasteiger partial charge in [-0.2, -0.15) is 11.8 Å². The van der Waals surface area contributed by atoms with Crippen LogP contribution in [0.25, 0.3) is 0 Å². The lowest BCUT2D eigenvalue weighted by Gasteiger charge is -2.01. The van der Waals surface area contributed by atoms with E-state index in [-0.39, 0.29) is 0 Å². The first-order valence-corrected chi connectivity index (χ1v) is 6.83. The molecule has 1 aromatic rings. The third-order valence-corrected chi connectivity index (χ3v) is 4.10. The molecule has 0 bridgehead atoms. The lowest BCUT2D eigenvalue weighted by Crippen LogP contribution is -1.93. The van der Waals surface area contributed by atoms with Crippen LogP contribution in [0.4, 0.5) is 0 Å². The van der Waals surface area contributed by atoms with Gasteiger partial charge in [0.2, 0.25) is 0 Å². The molecule has 1 atom stereocenters. The molecule has 0 radical (unpaired) electrons. The van der Waals surface area contributed by atoms with Gasteiger partial charge in [-0.15, -0.1) is 11.3 Å². The third-order valence-electron chi connectivity index (χ3n) is 1.67. The fraction of sp³-hybridized carbons (Fsp3) is 0.700. The second kappa shape index (κ2) is 5.73. The number of thioether (sulfide) groups is 1. The molecular formula is C10H17NOS2. The molecule has 1 heterocycles. The van der Waals surface area contributed by atoms with Crippen molar-refractivity contribution in [2.45, 2.75) is 32.6 Å². The second-order valence-electron chi connectivity index (χ2n) is 3.75. The van der Waals surface area contributed by atoms with Crippen LogP contribution in [-0.4, -0.2) is 15.8 Å². The highest BCUT2D eigenvalue weighted by atomic mass is 32.2. The zero-order valence-corrected chi connectivity index (χ0v) is 10.5. The molecule has 14 heavy (non-hydrogen) atoms. The van der Waals surface area contributed by atoms with Gasteiger partial charge in [-0.25, -0.2) is 4.98 Å². The summed E-state index contributed by atoms with van der Waals surface area (Å²) in [6, 6.07) is 0. The van der Waals surface area contributed by atoms with Crippen molar-refractivity contribution in [3.63, 3.8) is 0 Å². The van der Waals surface area contributed by atoms with Crippen LogP contribution in [0.5, 0.6) is 0 Å². The zero-order valence-electron chi connectivity index (χ0n) is 8.86. The van der Waals surface area contributed by atoms with Gasteiger partial charge in [0.05, 0.1) is 11.8 Å². The summed E-state index contributed by atoms with van der Waals surface area (Å²) < 4.78 is 0. The van der Waals surface area contributed by atoms with Crippen LogP contribution in [0.15, 0.2) is 5.38 Å². The van der Waals surface area contributed by atoms with Gasteiger partial charge < -0.3 is 5.11 Å². The lowest BCUT2D eigenvalue weighted by atomic mass is 10.3. The SMILES string of the molecule is CC(C)CSCc1nc(C(C)O)cs1. The van der Waals surface area contributed by atoms with E-state index in [9.17, 15) is 5.11 Å². The molecule has 0 aliphatic rings. The predicted molar refractivity (Wildman–Crippen MR) is 63.7 cm³/mol. The summed E-state index contributed by atoms with van der Waals surface area (Å²) in [7, 11) is 0. The van der Waals surface area contributed by atoms with Crippen molar-refractivity contribution in [1.82, 2.24) is 4.98 Å². The number of hydrogen-bond acceptors (Lipinski definition) is 4. The Bertz CT molecular complexity index is 271. The molecule has 1 unspecified atom stereocenters. The Labute approximate surface area is 93.8 Å². The predicted octanol–water partition coefficient (Wildman–Crippen LogP) is 3.09. The van der Waals surface area contributed by atoms with E-state index in [1.165, 1.54) is 5.75 Å². The van der Waals surface area contributed by atoms with E-state index in [1.807, 2.05) is 17.1 Å². The Morgan fingerprint density at radius 3 is 2.71 bits per heavy atom. The van der Waals surface area contributed by atoms with E-state index in [4.69, 9.17) is 0 Å². The molecule has 0 aliphatic heterocycles. The minimum atomic E-state index is -0.435. The maximum absolute atomic E-state index is 9.29. The van der Waals surface area contributed by atoms with Crippen LogP contribution in [-0.2, 0) is 5.75 Å². The molecule has 0 aromatic carbocycles. The van der Waals surface area contributed by atoms with Crippen molar-refractivity contribution < 1.29 is 5.11 Å². The molecule has 1 rings (SSSR count). The molecule has 0 amide bonds. The zero-order chi connectivity index (χ0) is 10.6. The molecule has 0 fully saturated rings. The van der Waals surface area contributed by atoms with E-state index in [0.29, 0.717) is 0 Å². The highest BCUT2D eigenvalue weighted by Crippen LogP contribution is 2.21. The highest BCUT2D eigenvalue weighted by Gasteiger charge is 2.06. The smallest absolute Gasteiger partial charge is 0.103 e. The minimum absolute atomic E-state index is 0.435. The summed E-state index contributed by atoms with van der Waals surface area (Å²) >= 11 is 3.54. The van der Waals surface area contributed by atoms with Crippen LogP contribution < -0.4 is 0 Å². The summed E-state index contributed by atoms with van der Waals surface area (Å²) in [6.07, 6.45) is -0.435. The van der Waals surface area contributed by atoms with Gasteiger partial charge in [0.25, 0.3) is 0 Å². The van der Waals surface area contributed by atoms with Crippen LogP contribution >= 0.6 is 23.1 Å². The molecule has 0 saturated heterocycles. The Morgan fingerprint density at radius 1 is 1.50 bits per heavy atom. The third kappa shape index (κ3) is 3.98. The Balaban J connectivity index is 2.36. The van der Waals surface area contributed by atoms with Crippen molar-refractivity contribution >= 4 is 23.1 Å². The molecule has 0 aliphatic carbocycles. The number of aliphatic hydroxyl groups is 1. The van der Waals surface area contributed by atoms with Gasteiger partial charge >= 0.3 is 0 Å². The first-order chi connectivity index (χ1) is 6.59. The number of nitrogens with zero attached hydrogens (tertiary/aromatic N) is 1. The number of hydrogen-bond donors (Lipinski definition) is 1. The number of aromatic nitrogens is 1. The van der Waals surface area contributed by atoms with Gasteiger partial charge in [0.15, 0.2) is 0 Å². The first kappa shape index (κ1) is 12.0. The number of thiazole rings is 1. The molecule has 0 saturated carbocycles. The van der Waals surface area contributed by atoms with Crippen molar-refractivity contribution in [3.8, 4) is 0 Å². The maximum atomic E-state index is 9.29. The van der Waals surface area contributed by atoms with Crippen LogP contribution in [0.1, 0.15) is 37.6 Å². The molecule has 2 nitrogen and oxygen atoms in total. The topological polar surface area (TPSA) is 33.1 Å². The summed E-state index contributed by atoms with van der Waals surface area (Å²) in [5, 5.41) is 12.3. The molecule has 80 valence electrons. The van der Waals surface area contributed by atoms with Gasteiger partial charge in [-0.05, 0) is 18.6 Å². The monoisotopic (exact) mass is 231 g/mol. The molecule has 0 spiro atoms. The molecule has 4 heteroatoms. The first-order valence-electron chi connectivity index (χ1n) is 4.79.